The van der Waals surface area contributed by atoms with Gasteiger partial charge in [0.2, 0.25) is 0 Å². The third-order valence-corrected chi connectivity index (χ3v) is 3.72. The molecule has 0 bridgehead atoms. The molecule has 0 saturated heterocycles. The zero-order chi connectivity index (χ0) is 15.1. The van der Waals surface area contributed by atoms with Crippen molar-refractivity contribution in [2.24, 2.45) is 0 Å². The number of carbonyl (C=O) groups excluding carboxylic acids is 1. The fraction of sp³-hybridized carbons (Fsp3) is 0.400. The molecule has 5 nitrogen and oxygen atoms in total. The SMILES string of the molecule is CCCCCOC(=O)c1snnc1-c1ccc(OC)cc1. The molecule has 0 saturated carbocycles. The van der Waals surface area contributed by atoms with Crippen molar-refractivity contribution in [2.45, 2.75) is 26.2 Å². The highest BCUT2D eigenvalue weighted by Gasteiger charge is 2.19. The summed E-state index contributed by atoms with van der Waals surface area (Å²) in [6, 6.07) is 7.35. The van der Waals surface area contributed by atoms with Gasteiger partial charge in [0, 0.05) is 5.56 Å². The molecule has 1 heterocycles. The average Bonchev–Trinajstić information content (AvgIpc) is 3.01. The summed E-state index contributed by atoms with van der Waals surface area (Å²) in [4.78, 5) is 12.5. The molecule has 21 heavy (non-hydrogen) atoms. The van der Waals surface area contributed by atoms with Crippen molar-refractivity contribution in [2.75, 3.05) is 13.7 Å². The molecule has 0 fully saturated rings. The van der Waals surface area contributed by atoms with Crippen LogP contribution in [0.5, 0.6) is 5.75 Å². The van der Waals surface area contributed by atoms with Gasteiger partial charge in [-0.15, -0.1) is 5.10 Å². The maximum Gasteiger partial charge on any atom is 0.352 e. The Morgan fingerprint density at radius 2 is 2.00 bits per heavy atom. The number of carbonyl (C=O) groups is 1. The molecule has 0 aliphatic rings. The number of esters is 1. The van der Waals surface area contributed by atoms with Gasteiger partial charge in [0.15, 0.2) is 4.88 Å². The van der Waals surface area contributed by atoms with Crippen LogP contribution in [0.3, 0.4) is 0 Å². The van der Waals surface area contributed by atoms with E-state index in [1.165, 1.54) is 0 Å². The molecule has 0 N–H and O–H groups in total. The highest BCUT2D eigenvalue weighted by molar-refractivity contribution is 7.08. The number of benzene rings is 1. The highest BCUT2D eigenvalue weighted by Crippen LogP contribution is 2.26. The lowest BCUT2D eigenvalue weighted by Crippen LogP contribution is -2.06. The summed E-state index contributed by atoms with van der Waals surface area (Å²) in [5, 5.41) is 4.03. The van der Waals surface area contributed by atoms with Crippen LogP contribution in [0.15, 0.2) is 24.3 Å². The standard InChI is InChI=1S/C15H18N2O3S/c1-3-4-5-10-20-15(18)14-13(16-17-21-14)11-6-8-12(19-2)9-7-11/h6-9H,3-5,10H2,1-2H3. The number of aromatic nitrogens is 2. The van der Waals surface area contributed by atoms with Crippen molar-refractivity contribution < 1.29 is 14.3 Å². The summed E-state index contributed by atoms with van der Waals surface area (Å²) in [5.41, 5.74) is 1.38. The number of methoxy groups -OCH3 is 1. The molecule has 0 unspecified atom stereocenters. The van der Waals surface area contributed by atoms with Gasteiger partial charge in [-0.05, 0) is 42.2 Å². The first-order valence-electron chi connectivity index (χ1n) is 6.90. The van der Waals surface area contributed by atoms with Crippen molar-refractivity contribution in [3.05, 3.63) is 29.1 Å². The zero-order valence-electron chi connectivity index (χ0n) is 12.2. The Bertz CT molecular complexity index is 581. The molecule has 6 heteroatoms. The van der Waals surface area contributed by atoms with E-state index < -0.39 is 0 Å². The molecule has 1 aromatic heterocycles. The second-order valence-corrected chi connectivity index (χ2v) is 5.28. The third kappa shape index (κ3) is 4.01. The monoisotopic (exact) mass is 306 g/mol. The van der Waals surface area contributed by atoms with Crippen LogP contribution in [-0.2, 0) is 4.74 Å². The lowest BCUT2D eigenvalue weighted by Gasteiger charge is -2.04. The Balaban J connectivity index is 2.08. The summed E-state index contributed by atoms with van der Waals surface area (Å²) in [5.74, 6) is 0.401. The highest BCUT2D eigenvalue weighted by atomic mass is 32.1. The first-order chi connectivity index (χ1) is 10.3. The molecular formula is C15H18N2O3S. The molecule has 0 aliphatic heterocycles. The van der Waals surface area contributed by atoms with Gasteiger partial charge < -0.3 is 9.47 Å². The number of ether oxygens (including phenoxy) is 2. The quantitative estimate of drug-likeness (QED) is 0.578. The van der Waals surface area contributed by atoms with Gasteiger partial charge in [-0.1, -0.05) is 24.3 Å². The fourth-order valence-electron chi connectivity index (χ4n) is 1.84. The Kier molecular flexibility index (Phi) is 5.68. The minimum absolute atomic E-state index is 0.355. The van der Waals surface area contributed by atoms with E-state index in [9.17, 15) is 4.79 Å². The van der Waals surface area contributed by atoms with Crippen LogP contribution in [0, 0.1) is 0 Å². The van der Waals surface area contributed by atoms with Gasteiger partial charge in [0.1, 0.15) is 11.4 Å². The third-order valence-electron chi connectivity index (χ3n) is 3.02. The number of unbranched alkanes of at least 4 members (excludes halogenated alkanes) is 2. The van der Waals surface area contributed by atoms with Crippen molar-refractivity contribution in [3.8, 4) is 17.0 Å². The molecule has 0 amide bonds. The fourth-order valence-corrected chi connectivity index (χ4v) is 2.43. The van der Waals surface area contributed by atoms with Gasteiger partial charge in [0.05, 0.1) is 13.7 Å². The van der Waals surface area contributed by atoms with Crippen LogP contribution >= 0.6 is 11.5 Å². The van der Waals surface area contributed by atoms with Crippen molar-refractivity contribution >= 4 is 17.5 Å². The molecule has 0 spiro atoms. The van der Waals surface area contributed by atoms with Gasteiger partial charge in [-0.3, -0.25) is 0 Å². The molecule has 2 rings (SSSR count). The van der Waals surface area contributed by atoms with Crippen molar-refractivity contribution in [1.82, 2.24) is 9.59 Å². The van der Waals surface area contributed by atoms with Crippen LogP contribution in [0.2, 0.25) is 0 Å². The normalized spacial score (nSPS) is 10.4. The number of nitrogens with zero attached hydrogens (tertiary/aromatic N) is 2. The molecule has 1 aromatic carbocycles. The second-order valence-electron chi connectivity index (χ2n) is 4.52. The van der Waals surface area contributed by atoms with Crippen molar-refractivity contribution in [3.63, 3.8) is 0 Å². The molecule has 0 radical (unpaired) electrons. The predicted molar refractivity (Wildman–Crippen MR) is 81.7 cm³/mol. The first-order valence-corrected chi connectivity index (χ1v) is 7.67. The van der Waals surface area contributed by atoms with Crippen LogP contribution in [0.4, 0.5) is 0 Å². The number of hydrogen-bond donors (Lipinski definition) is 0. The number of hydrogen-bond acceptors (Lipinski definition) is 6. The number of rotatable bonds is 7. The van der Waals surface area contributed by atoms with E-state index in [2.05, 4.69) is 16.5 Å². The molecule has 2 aromatic rings. The smallest absolute Gasteiger partial charge is 0.352 e. The summed E-state index contributed by atoms with van der Waals surface area (Å²) >= 11 is 1.06. The van der Waals surface area contributed by atoms with Gasteiger partial charge in [0.25, 0.3) is 0 Å². The summed E-state index contributed by atoms with van der Waals surface area (Å²) in [7, 11) is 1.61. The zero-order valence-corrected chi connectivity index (χ0v) is 13.0. The lowest BCUT2D eigenvalue weighted by atomic mass is 10.1. The van der Waals surface area contributed by atoms with E-state index >= 15 is 0 Å². The molecule has 0 atom stereocenters. The van der Waals surface area contributed by atoms with Crippen molar-refractivity contribution in [1.29, 1.82) is 0 Å². The average molecular weight is 306 g/mol. The van der Waals surface area contributed by atoms with E-state index in [4.69, 9.17) is 9.47 Å². The summed E-state index contributed by atoms with van der Waals surface area (Å²) in [6.45, 7) is 2.54. The van der Waals surface area contributed by atoms with Gasteiger partial charge >= 0.3 is 5.97 Å². The van der Waals surface area contributed by atoms with Gasteiger partial charge in [-0.2, -0.15) is 0 Å². The minimum Gasteiger partial charge on any atom is -0.497 e. The first kappa shape index (κ1) is 15.4. The Morgan fingerprint density at radius 1 is 1.24 bits per heavy atom. The molecular weight excluding hydrogens is 288 g/mol. The van der Waals surface area contributed by atoms with E-state index in [0.717, 1.165) is 42.1 Å². The predicted octanol–water partition coefficient (Wildman–Crippen LogP) is 3.56. The largest absolute Gasteiger partial charge is 0.497 e. The van der Waals surface area contributed by atoms with E-state index in [-0.39, 0.29) is 5.97 Å². The Morgan fingerprint density at radius 3 is 2.67 bits per heavy atom. The minimum atomic E-state index is -0.355. The Labute approximate surface area is 128 Å². The topological polar surface area (TPSA) is 61.3 Å². The van der Waals surface area contributed by atoms with Crippen LogP contribution in [0.25, 0.3) is 11.3 Å². The maximum atomic E-state index is 12.1. The van der Waals surface area contributed by atoms with E-state index in [0.29, 0.717) is 17.2 Å². The summed E-state index contributed by atoms with van der Waals surface area (Å²) in [6.07, 6.45) is 3.03. The Hall–Kier alpha value is -1.95. The van der Waals surface area contributed by atoms with Crippen LogP contribution < -0.4 is 4.74 Å². The van der Waals surface area contributed by atoms with Crippen LogP contribution in [-0.4, -0.2) is 29.3 Å². The molecule has 112 valence electrons. The van der Waals surface area contributed by atoms with E-state index in [1.54, 1.807) is 7.11 Å². The van der Waals surface area contributed by atoms with Gasteiger partial charge in [-0.25, -0.2) is 4.79 Å². The maximum absolute atomic E-state index is 12.1. The summed E-state index contributed by atoms with van der Waals surface area (Å²) < 4.78 is 14.2. The lowest BCUT2D eigenvalue weighted by molar-refractivity contribution is 0.0504. The van der Waals surface area contributed by atoms with E-state index in [1.807, 2.05) is 24.3 Å². The molecule has 0 aliphatic carbocycles. The second kappa shape index (κ2) is 7.73. The van der Waals surface area contributed by atoms with Crippen LogP contribution in [0.1, 0.15) is 35.9 Å².